The lowest BCUT2D eigenvalue weighted by Gasteiger charge is -2.37. The Balaban J connectivity index is 3.22. The summed E-state index contributed by atoms with van der Waals surface area (Å²) in [4.78, 5) is 1.84. The molecule has 0 saturated carbocycles. The van der Waals surface area contributed by atoms with Crippen molar-refractivity contribution >= 4 is 5.69 Å². The number of halogens is 1. The summed E-state index contributed by atoms with van der Waals surface area (Å²) in [5, 5.41) is 19.0. The fourth-order valence-electron chi connectivity index (χ4n) is 1.60. The van der Waals surface area contributed by atoms with E-state index in [2.05, 4.69) is 0 Å². The summed E-state index contributed by atoms with van der Waals surface area (Å²) in [6.07, 6.45) is -0.752. The van der Waals surface area contributed by atoms with E-state index in [9.17, 15) is 14.6 Å². The maximum Gasteiger partial charge on any atom is 0.123 e. The molecule has 0 aliphatic rings. The normalized spacial score (nSPS) is 13.6. The zero-order valence-corrected chi connectivity index (χ0v) is 10.7. The molecule has 0 bridgehead atoms. The van der Waals surface area contributed by atoms with E-state index in [1.54, 1.807) is 13.0 Å². The topological polar surface area (TPSA) is 43.7 Å². The largest absolute Gasteiger partial charge is 0.394 e. The van der Waals surface area contributed by atoms with Gasteiger partial charge in [-0.2, -0.15) is 0 Å². The zero-order chi connectivity index (χ0) is 13.2. The minimum atomic E-state index is -0.752. The first kappa shape index (κ1) is 13.9. The molecule has 0 saturated heterocycles. The highest BCUT2D eigenvalue weighted by Gasteiger charge is 2.25. The van der Waals surface area contributed by atoms with Crippen molar-refractivity contribution in [1.29, 1.82) is 0 Å². The molecule has 0 amide bonds. The van der Waals surface area contributed by atoms with E-state index in [0.717, 1.165) is 5.69 Å². The monoisotopic (exact) mass is 241 g/mol. The van der Waals surface area contributed by atoms with E-state index in [1.165, 1.54) is 12.1 Å². The first-order valence-electron chi connectivity index (χ1n) is 5.62. The Hall–Kier alpha value is -1.13. The van der Waals surface area contributed by atoms with Crippen LogP contribution < -0.4 is 4.90 Å². The summed E-state index contributed by atoms with van der Waals surface area (Å²) in [6, 6.07) is 4.30. The van der Waals surface area contributed by atoms with Gasteiger partial charge in [-0.3, -0.25) is 0 Å². The Morgan fingerprint density at radius 2 is 2.00 bits per heavy atom. The Labute approximate surface area is 101 Å². The van der Waals surface area contributed by atoms with Gasteiger partial charge >= 0.3 is 0 Å². The van der Waals surface area contributed by atoms with Crippen molar-refractivity contribution in [3.63, 3.8) is 0 Å². The molecule has 0 spiro atoms. The molecule has 0 unspecified atom stereocenters. The Morgan fingerprint density at radius 3 is 2.47 bits per heavy atom. The summed E-state index contributed by atoms with van der Waals surface area (Å²) >= 11 is 0. The van der Waals surface area contributed by atoms with Crippen molar-refractivity contribution in [1.82, 2.24) is 0 Å². The Morgan fingerprint density at radius 1 is 1.41 bits per heavy atom. The lowest BCUT2D eigenvalue weighted by atomic mass is 10.0. The molecule has 0 aliphatic carbocycles. The summed E-state index contributed by atoms with van der Waals surface area (Å²) < 4.78 is 13.2. The third kappa shape index (κ3) is 2.96. The van der Waals surface area contributed by atoms with E-state index in [0.29, 0.717) is 5.56 Å². The van der Waals surface area contributed by atoms with Crippen LogP contribution in [0.3, 0.4) is 0 Å². The molecule has 0 radical (unpaired) electrons. The average molecular weight is 241 g/mol. The van der Waals surface area contributed by atoms with E-state index in [1.807, 2.05) is 25.8 Å². The molecule has 0 fully saturated rings. The van der Waals surface area contributed by atoms with Crippen molar-refractivity contribution in [2.75, 3.05) is 18.6 Å². The quantitative estimate of drug-likeness (QED) is 0.848. The molecule has 0 heterocycles. The number of aliphatic hydroxyl groups is 2. The second-order valence-corrected chi connectivity index (χ2v) is 4.91. The molecule has 96 valence electrons. The zero-order valence-electron chi connectivity index (χ0n) is 10.7. The molecular weight excluding hydrogens is 221 g/mol. The van der Waals surface area contributed by atoms with E-state index >= 15 is 0 Å². The molecular formula is C13H20FNO2. The van der Waals surface area contributed by atoms with Gasteiger partial charge in [0, 0.05) is 18.3 Å². The fraction of sp³-hybridized carbons (Fsp3) is 0.538. The number of hydrogen-bond acceptors (Lipinski definition) is 3. The van der Waals surface area contributed by atoms with Gasteiger partial charge in [0.1, 0.15) is 5.82 Å². The highest BCUT2D eigenvalue weighted by Crippen LogP contribution is 2.30. The van der Waals surface area contributed by atoms with Gasteiger partial charge in [0.05, 0.1) is 18.2 Å². The molecule has 0 aliphatic heterocycles. The Bertz CT molecular complexity index is 391. The second kappa shape index (κ2) is 5.02. The van der Waals surface area contributed by atoms with Crippen molar-refractivity contribution in [3.05, 3.63) is 29.6 Å². The standard InChI is InChI=1S/C13H20FNO2/c1-9(17)11-7-10(14)5-6-12(11)15(4)13(2,3)8-16/h5-7,9,16-17H,8H2,1-4H3/t9-/m0/s1. The van der Waals surface area contributed by atoms with Crippen LogP contribution in [-0.4, -0.2) is 29.4 Å². The summed E-state index contributed by atoms with van der Waals surface area (Å²) in [5.41, 5.74) is 0.774. The third-order valence-electron chi connectivity index (χ3n) is 3.10. The van der Waals surface area contributed by atoms with Gasteiger partial charge in [-0.1, -0.05) is 0 Å². The number of likely N-dealkylation sites (N-methyl/N-ethyl adjacent to an activating group) is 1. The number of rotatable bonds is 4. The lowest BCUT2D eigenvalue weighted by molar-refractivity contribution is 0.196. The minimum Gasteiger partial charge on any atom is -0.394 e. The Kier molecular flexibility index (Phi) is 4.11. The van der Waals surface area contributed by atoms with E-state index < -0.39 is 11.6 Å². The predicted octanol–water partition coefficient (Wildman–Crippen LogP) is 2.09. The molecule has 1 rings (SSSR count). The maximum atomic E-state index is 13.2. The van der Waals surface area contributed by atoms with Gasteiger partial charge in [0.2, 0.25) is 0 Å². The number of benzene rings is 1. The van der Waals surface area contributed by atoms with Crippen molar-refractivity contribution in [3.8, 4) is 0 Å². The van der Waals surface area contributed by atoms with Crippen LogP contribution >= 0.6 is 0 Å². The van der Waals surface area contributed by atoms with Gasteiger partial charge < -0.3 is 15.1 Å². The van der Waals surface area contributed by atoms with Crippen LogP contribution in [0, 0.1) is 5.82 Å². The van der Waals surface area contributed by atoms with Crippen LogP contribution in [-0.2, 0) is 0 Å². The first-order chi connectivity index (χ1) is 7.79. The third-order valence-corrected chi connectivity index (χ3v) is 3.10. The maximum absolute atomic E-state index is 13.2. The average Bonchev–Trinajstić information content (AvgIpc) is 2.28. The van der Waals surface area contributed by atoms with Gasteiger partial charge in [0.15, 0.2) is 0 Å². The summed E-state index contributed by atoms with van der Waals surface area (Å²) in [5.74, 6) is -0.375. The molecule has 2 N–H and O–H groups in total. The predicted molar refractivity (Wildman–Crippen MR) is 66.6 cm³/mol. The number of hydrogen-bond donors (Lipinski definition) is 2. The van der Waals surface area contributed by atoms with Crippen molar-refractivity contribution in [2.24, 2.45) is 0 Å². The number of anilines is 1. The molecule has 1 aromatic rings. The minimum absolute atomic E-state index is 0.0277. The van der Waals surface area contributed by atoms with Gasteiger partial charge in [-0.05, 0) is 39.0 Å². The van der Waals surface area contributed by atoms with E-state index in [4.69, 9.17) is 0 Å². The van der Waals surface area contributed by atoms with Crippen molar-refractivity contribution in [2.45, 2.75) is 32.4 Å². The molecule has 4 heteroatoms. The smallest absolute Gasteiger partial charge is 0.123 e. The fourth-order valence-corrected chi connectivity index (χ4v) is 1.60. The van der Waals surface area contributed by atoms with E-state index in [-0.39, 0.29) is 12.4 Å². The van der Waals surface area contributed by atoms with Crippen LogP contribution in [0.1, 0.15) is 32.4 Å². The highest BCUT2D eigenvalue weighted by atomic mass is 19.1. The highest BCUT2D eigenvalue weighted by molar-refractivity contribution is 5.56. The van der Waals surface area contributed by atoms with Gasteiger partial charge in [-0.25, -0.2) is 4.39 Å². The van der Waals surface area contributed by atoms with Crippen LogP contribution in [0.4, 0.5) is 10.1 Å². The number of nitrogens with zero attached hydrogens (tertiary/aromatic N) is 1. The molecule has 0 aromatic heterocycles. The molecule has 1 aromatic carbocycles. The molecule has 3 nitrogen and oxygen atoms in total. The molecule has 17 heavy (non-hydrogen) atoms. The SMILES string of the molecule is C[C@H](O)c1cc(F)ccc1N(C)C(C)(C)CO. The van der Waals surface area contributed by atoms with Crippen LogP contribution in [0.15, 0.2) is 18.2 Å². The summed E-state index contributed by atoms with van der Waals surface area (Å²) in [6.45, 7) is 5.32. The van der Waals surface area contributed by atoms with Crippen LogP contribution in [0.5, 0.6) is 0 Å². The second-order valence-electron chi connectivity index (χ2n) is 4.91. The van der Waals surface area contributed by atoms with Crippen molar-refractivity contribution < 1.29 is 14.6 Å². The molecule has 1 atom stereocenters. The number of aliphatic hydroxyl groups excluding tert-OH is 2. The van der Waals surface area contributed by atoms with Crippen LogP contribution in [0.2, 0.25) is 0 Å². The summed E-state index contributed by atoms with van der Waals surface area (Å²) in [7, 11) is 1.81. The lowest BCUT2D eigenvalue weighted by Crippen LogP contribution is -2.44. The van der Waals surface area contributed by atoms with Gasteiger partial charge in [-0.15, -0.1) is 0 Å². The van der Waals surface area contributed by atoms with Gasteiger partial charge in [0.25, 0.3) is 0 Å². The first-order valence-corrected chi connectivity index (χ1v) is 5.62. The van der Waals surface area contributed by atoms with Crippen LogP contribution in [0.25, 0.3) is 0 Å².